The normalized spacial score (nSPS) is 16.5. The molecule has 188 valence electrons. The lowest BCUT2D eigenvalue weighted by Crippen LogP contribution is -2.56. The molecule has 0 bridgehead atoms. The molecule has 2 atom stereocenters. The summed E-state index contributed by atoms with van der Waals surface area (Å²) in [7, 11) is -8.04. The smallest absolute Gasteiger partial charge is 0.315 e. The van der Waals surface area contributed by atoms with Crippen LogP contribution in [0.5, 0.6) is 0 Å². The zero-order chi connectivity index (χ0) is 24.3. The van der Waals surface area contributed by atoms with E-state index in [1.54, 1.807) is 0 Å². The summed E-state index contributed by atoms with van der Waals surface area (Å²) in [5.41, 5.74) is 0. The molecular formula is C20H51NO6Si4. The average molecular weight is 514 g/mol. The van der Waals surface area contributed by atoms with Crippen LogP contribution >= 0.6 is 0 Å². The minimum atomic E-state index is -2.35. The number of nitrogens with zero attached hydrogens (tertiary/aromatic N) is 1. The number of hydrogen-bond donors (Lipinski definition) is 3. The molecule has 7 nitrogen and oxygen atoms in total. The van der Waals surface area contributed by atoms with Crippen LogP contribution in [0.2, 0.25) is 65.0 Å². The van der Waals surface area contributed by atoms with Crippen molar-refractivity contribution in [1.29, 1.82) is 0 Å². The molecule has 0 aliphatic heterocycles. The molecule has 0 saturated heterocycles. The van der Waals surface area contributed by atoms with Crippen LogP contribution in [0, 0.1) is 0 Å². The molecule has 0 aromatic carbocycles. The lowest BCUT2D eigenvalue weighted by molar-refractivity contribution is 0.0809. The summed E-state index contributed by atoms with van der Waals surface area (Å²) in [5.74, 6) is 0. The highest BCUT2D eigenvalue weighted by Crippen LogP contribution is 2.28. The van der Waals surface area contributed by atoms with Crippen molar-refractivity contribution in [1.82, 2.24) is 4.90 Å². The van der Waals surface area contributed by atoms with Gasteiger partial charge in [-0.3, -0.25) is 4.90 Å². The fraction of sp³-hybridized carbons (Fsp3) is 1.00. The monoisotopic (exact) mass is 513 g/mol. The number of aliphatic hydroxyl groups is 3. The molecule has 0 aromatic heterocycles. The molecule has 3 N–H and O–H groups in total. The summed E-state index contributed by atoms with van der Waals surface area (Å²) < 4.78 is 19.8. The highest BCUT2D eigenvalue weighted by atomic mass is 28.5. The van der Waals surface area contributed by atoms with Gasteiger partial charge in [0.05, 0.1) is 19.3 Å². The van der Waals surface area contributed by atoms with Gasteiger partial charge in [-0.2, -0.15) is 0 Å². The first-order valence-electron chi connectivity index (χ1n) is 11.7. The van der Waals surface area contributed by atoms with Crippen molar-refractivity contribution in [3.8, 4) is 0 Å². The van der Waals surface area contributed by atoms with E-state index >= 15 is 0 Å². The summed E-state index contributed by atoms with van der Waals surface area (Å²) in [5, 5.41) is 28.5. The van der Waals surface area contributed by atoms with Gasteiger partial charge in [0.15, 0.2) is 16.6 Å². The lowest BCUT2D eigenvalue weighted by Gasteiger charge is -2.41. The van der Waals surface area contributed by atoms with Crippen molar-refractivity contribution in [3.63, 3.8) is 0 Å². The third-order valence-corrected chi connectivity index (χ3v) is 18.1. The van der Waals surface area contributed by atoms with Crippen molar-refractivity contribution in [2.45, 2.75) is 96.8 Å². The summed E-state index contributed by atoms with van der Waals surface area (Å²) >= 11 is 0. The van der Waals surface area contributed by atoms with Crippen LogP contribution in [-0.2, 0) is 12.3 Å². The van der Waals surface area contributed by atoms with Gasteiger partial charge in [-0.1, -0.05) is 19.3 Å². The van der Waals surface area contributed by atoms with E-state index in [0.717, 1.165) is 31.7 Å². The van der Waals surface area contributed by atoms with Gasteiger partial charge in [-0.25, -0.2) is 0 Å². The highest BCUT2D eigenvalue weighted by molar-refractivity contribution is 6.89. The van der Waals surface area contributed by atoms with Gasteiger partial charge >= 0.3 is 17.1 Å². The van der Waals surface area contributed by atoms with Crippen molar-refractivity contribution < 1.29 is 27.7 Å². The van der Waals surface area contributed by atoms with Gasteiger partial charge in [-0.05, 0) is 71.4 Å². The van der Waals surface area contributed by atoms with E-state index < -0.39 is 39.9 Å². The Labute approximate surface area is 195 Å². The van der Waals surface area contributed by atoms with E-state index in [-0.39, 0.29) is 13.2 Å². The fourth-order valence-electron chi connectivity index (χ4n) is 4.02. The van der Waals surface area contributed by atoms with E-state index in [1.165, 1.54) is 0 Å². The Kier molecular flexibility index (Phi) is 14.4. The molecule has 11 heteroatoms. The third-order valence-electron chi connectivity index (χ3n) is 4.51. The molecule has 0 rings (SSSR count). The van der Waals surface area contributed by atoms with Gasteiger partial charge in [-0.15, -0.1) is 0 Å². The first kappa shape index (κ1) is 31.6. The zero-order valence-electron chi connectivity index (χ0n) is 21.7. The predicted molar refractivity (Wildman–Crippen MR) is 139 cm³/mol. The zero-order valence-corrected chi connectivity index (χ0v) is 25.7. The number of hydrogen-bond acceptors (Lipinski definition) is 7. The van der Waals surface area contributed by atoms with Gasteiger partial charge in [0, 0.05) is 19.6 Å². The minimum absolute atomic E-state index is 0.0358. The van der Waals surface area contributed by atoms with Crippen LogP contribution in [0.15, 0.2) is 0 Å². The standard InChI is InChI=1S/C20H51NO6Si4/c1-28(2,3)25-30(7,8)27-31(9,26-29(4,5)6)18-12-10-11-13-20(24)19-21(14-16-22)15-17-23/h20,22-24H,10-19H2,1-9H3. The second kappa shape index (κ2) is 14.1. The van der Waals surface area contributed by atoms with Crippen LogP contribution in [0.25, 0.3) is 0 Å². The first-order valence-corrected chi connectivity index (χ1v) is 23.9. The SMILES string of the molecule is C[Si](C)(C)O[Si](C)(C)O[Si](C)(CCCCCC(O)CN(CCO)CCO)O[Si](C)(C)C. The van der Waals surface area contributed by atoms with Crippen LogP contribution < -0.4 is 0 Å². The molecular weight excluding hydrogens is 463 g/mol. The van der Waals surface area contributed by atoms with Crippen molar-refractivity contribution in [2.75, 3.05) is 32.8 Å². The molecule has 0 aromatic rings. The fourth-order valence-corrected chi connectivity index (χ4v) is 22.1. The Balaban J connectivity index is 4.68. The number of unbranched alkanes of at least 4 members (excludes halogenated alkanes) is 2. The van der Waals surface area contributed by atoms with Crippen molar-refractivity contribution in [2.24, 2.45) is 0 Å². The second-order valence-corrected chi connectivity index (χ2v) is 27.5. The van der Waals surface area contributed by atoms with E-state index in [0.29, 0.717) is 19.6 Å². The molecule has 0 aliphatic rings. The van der Waals surface area contributed by atoms with Gasteiger partial charge < -0.3 is 27.7 Å². The minimum Gasteiger partial charge on any atom is -0.437 e. The maximum atomic E-state index is 10.3. The van der Waals surface area contributed by atoms with Crippen molar-refractivity contribution >= 4 is 33.8 Å². The third kappa shape index (κ3) is 17.7. The van der Waals surface area contributed by atoms with E-state index in [9.17, 15) is 5.11 Å². The van der Waals surface area contributed by atoms with E-state index in [1.807, 2.05) is 4.90 Å². The quantitative estimate of drug-likeness (QED) is 0.190. The number of aliphatic hydroxyl groups excluding tert-OH is 3. The Hall–Kier alpha value is 0.588. The molecule has 0 heterocycles. The predicted octanol–water partition coefficient (Wildman–Crippen LogP) is 3.69. The first-order chi connectivity index (χ1) is 14.0. The van der Waals surface area contributed by atoms with Crippen LogP contribution in [-0.4, -0.2) is 92.9 Å². The summed E-state index contributed by atoms with van der Waals surface area (Å²) in [4.78, 5) is 1.90. The molecule has 0 fully saturated rings. The topological polar surface area (TPSA) is 91.6 Å². The molecule has 0 spiro atoms. The highest BCUT2D eigenvalue weighted by Gasteiger charge is 2.44. The molecule has 31 heavy (non-hydrogen) atoms. The molecule has 0 amide bonds. The number of rotatable bonds is 18. The summed E-state index contributed by atoms with van der Waals surface area (Å²) in [6.45, 7) is 21.3. The van der Waals surface area contributed by atoms with Crippen molar-refractivity contribution in [3.05, 3.63) is 0 Å². The Morgan fingerprint density at radius 3 is 1.68 bits per heavy atom. The van der Waals surface area contributed by atoms with Crippen LogP contribution in [0.1, 0.15) is 25.7 Å². The molecule has 2 unspecified atom stereocenters. The van der Waals surface area contributed by atoms with E-state index in [4.69, 9.17) is 22.6 Å². The maximum Gasteiger partial charge on any atom is 0.315 e. The second-order valence-electron chi connectivity index (χ2n) is 11.1. The Morgan fingerprint density at radius 1 is 0.710 bits per heavy atom. The molecule has 0 saturated carbocycles. The summed E-state index contributed by atoms with van der Waals surface area (Å²) in [6, 6.07) is 0.944. The molecule has 0 aliphatic carbocycles. The van der Waals surface area contributed by atoms with Crippen LogP contribution in [0.3, 0.4) is 0 Å². The molecule has 0 radical (unpaired) electrons. The lowest BCUT2D eigenvalue weighted by atomic mass is 10.1. The maximum absolute atomic E-state index is 10.3. The summed E-state index contributed by atoms with van der Waals surface area (Å²) in [6.07, 6.45) is 3.27. The van der Waals surface area contributed by atoms with E-state index in [2.05, 4.69) is 58.9 Å². The van der Waals surface area contributed by atoms with Gasteiger partial charge in [0.2, 0.25) is 0 Å². The largest absolute Gasteiger partial charge is 0.437 e. The van der Waals surface area contributed by atoms with Crippen LogP contribution in [0.4, 0.5) is 0 Å². The Bertz CT molecular complexity index is 481. The Morgan fingerprint density at radius 2 is 1.23 bits per heavy atom. The van der Waals surface area contributed by atoms with Gasteiger partial charge in [0.25, 0.3) is 0 Å². The van der Waals surface area contributed by atoms with Gasteiger partial charge in [0.1, 0.15) is 0 Å². The average Bonchev–Trinajstić information content (AvgIpc) is 2.49.